The van der Waals surface area contributed by atoms with Gasteiger partial charge in [0.15, 0.2) is 12.4 Å². The number of pyridine rings is 1. The second-order valence-corrected chi connectivity index (χ2v) is 7.26. The van der Waals surface area contributed by atoms with Crippen molar-refractivity contribution in [1.29, 1.82) is 0 Å². The van der Waals surface area contributed by atoms with Gasteiger partial charge < -0.3 is 5.73 Å². The van der Waals surface area contributed by atoms with E-state index in [1.807, 2.05) is 49.0 Å². The van der Waals surface area contributed by atoms with Crippen molar-refractivity contribution in [2.45, 2.75) is 18.1 Å². The molecule has 0 saturated carbocycles. The lowest BCUT2D eigenvalue weighted by molar-refractivity contribution is -0.597. The van der Waals surface area contributed by atoms with Crippen LogP contribution in [0.3, 0.4) is 0 Å². The molecule has 2 aromatic heterocycles. The van der Waals surface area contributed by atoms with E-state index in [1.165, 1.54) is 11.3 Å². The maximum absolute atomic E-state index is 12.7. The number of thiophene rings is 1. The molecule has 0 saturated heterocycles. The monoisotopic (exact) mass is 341 g/mol. The maximum atomic E-state index is 12.7. The van der Waals surface area contributed by atoms with Crippen molar-refractivity contribution >= 4 is 35.4 Å². The van der Waals surface area contributed by atoms with Gasteiger partial charge in [-0.3, -0.25) is 4.79 Å². The molecule has 116 valence electrons. The van der Waals surface area contributed by atoms with Gasteiger partial charge in [-0.2, -0.15) is 4.57 Å². The number of nitrogens with zero attached hydrogens (tertiary/aromatic N) is 1. The van der Waals surface area contributed by atoms with Crippen molar-refractivity contribution in [3.8, 4) is 5.69 Å². The van der Waals surface area contributed by atoms with Crippen LogP contribution in [0.25, 0.3) is 5.69 Å². The highest BCUT2D eigenvalue weighted by atomic mass is 32.2. The number of thiol groups is 1. The van der Waals surface area contributed by atoms with Crippen LogP contribution in [0.2, 0.25) is 0 Å². The fourth-order valence-electron chi connectivity index (χ4n) is 2.60. The van der Waals surface area contributed by atoms with E-state index in [9.17, 15) is 4.79 Å². The number of aromatic nitrogens is 1. The average molecular weight is 341 g/mol. The third-order valence-corrected chi connectivity index (χ3v) is 5.02. The topological polar surface area (TPSA) is 47.0 Å². The van der Waals surface area contributed by atoms with Gasteiger partial charge in [-0.1, -0.05) is 30.3 Å². The van der Waals surface area contributed by atoms with Gasteiger partial charge in [0.2, 0.25) is 5.78 Å². The first-order valence-electron chi connectivity index (χ1n) is 7.18. The number of carbonyl (C=O) groups excluding carboxylic acids is 1. The number of benzene rings is 1. The molecule has 0 spiro atoms. The Bertz CT molecular complexity index is 865. The Labute approximate surface area is 144 Å². The van der Waals surface area contributed by atoms with E-state index in [-0.39, 0.29) is 5.78 Å². The summed E-state index contributed by atoms with van der Waals surface area (Å²) in [6.07, 6.45) is 3.98. The van der Waals surface area contributed by atoms with Crippen LogP contribution < -0.4 is 10.3 Å². The van der Waals surface area contributed by atoms with E-state index in [2.05, 4.69) is 18.7 Å². The molecule has 5 heteroatoms. The lowest BCUT2D eigenvalue weighted by atomic mass is 10.1. The second-order valence-electron chi connectivity index (χ2n) is 5.49. The van der Waals surface area contributed by atoms with E-state index >= 15 is 0 Å². The minimum Gasteiger partial charge on any atom is -0.392 e. The van der Waals surface area contributed by atoms with Crippen molar-refractivity contribution in [3.63, 3.8) is 0 Å². The molecule has 3 nitrogen and oxygen atoms in total. The lowest BCUT2D eigenvalue weighted by Gasteiger charge is -2.01. The van der Waals surface area contributed by atoms with Crippen LogP contribution in [0.1, 0.15) is 26.4 Å². The molecule has 3 aromatic rings. The molecule has 23 heavy (non-hydrogen) atoms. The van der Waals surface area contributed by atoms with Crippen molar-refractivity contribution in [2.75, 3.05) is 5.73 Å². The summed E-state index contributed by atoms with van der Waals surface area (Å²) in [6.45, 7) is 4.06. The van der Waals surface area contributed by atoms with Crippen LogP contribution in [-0.4, -0.2) is 5.78 Å². The third-order valence-electron chi connectivity index (χ3n) is 3.54. The summed E-state index contributed by atoms with van der Waals surface area (Å²) in [5.74, 6) is -0.0698. The Morgan fingerprint density at radius 1 is 1.13 bits per heavy atom. The van der Waals surface area contributed by atoms with Gasteiger partial charge in [-0.15, -0.1) is 24.0 Å². The summed E-state index contributed by atoms with van der Waals surface area (Å²) in [5, 5.41) is 0. The molecule has 2 heterocycles. The third kappa shape index (κ3) is 3.02. The maximum Gasteiger partial charge on any atom is 0.258 e. The minimum atomic E-state index is -0.0698. The first-order chi connectivity index (χ1) is 11.0. The van der Waals surface area contributed by atoms with Gasteiger partial charge >= 0.3 is 0 Å². The SMILES string of the molecule is Cc1cc(C)c[n+](-c2c(S)sc(C(=O)c3ccccc3)c2N)c1. The molecule has 1 aromatic carbocycles. The average Bonchev–Trinajstić information content (AvgIpc) is 2.81. The molecular weight excluding hydrogens is 324 g/mol. The van der Waals surface area contributed by atoms with Crippen molar-refractivity contribution < 1.29 is 9.36 Å². The number of carbonyl (C=O) groups is 1. The summed E-state index contributed by atoms with van der Waals surface area (Å²) in [4.78, 5) is 13.2. The fourth-order valence-corrected chi connectivity index (χ4v) is 4.03. The normalized spacial score (nSPS) is 10.7. The van der Waals surface area contributed by atoms with Crippen molar-refractivity contribution in [1.82, 2.24) is 0 Å². The highest BCUT2D eigenvalue weighted by molar-refractivity contribution is 7.83. The van der Waals surface area contributed by atoms with E-state index in [0.29, 0.717) is 16.1 Å². The van der Waals surface area contributed by atoms with Crippen LogP contribution >= 0.6 is 24.0 Å². The van der Waals surface area contributed by atoms with Crippen LogP contribution in [0, 0.1) is 13.8 Å². The number of hydrogen-bond acceptors (Lipinski definition) is 4. The number of nitrogens with two attached hydrogens (primary N) is 1. The molecule has 0 aliphatic rings. The van der Waals surface area contributed by atoms with Crippen LogP contribution in [0.4, 0.5) is 5.69 Å². The zero-order valence-electron chi connectivity index (χ0n) is 12.9. The van der Waals surface area contributed by atoms with Crippen molar-refractivity contribution in [3.05, 3.63) is 70.4 Å². The Balaban J connectivity index is 2.12. The summed E-state index contributed by atoms with van der Waals surface area (Å²) in [7, 11) is 0. The molecule has 0 aliphatic carbocycles. The van der Waals surface area contributed by atoms with Crippen LogP contribution in [-0.2, 0) is 0 Å². The lowest BCUT2D eigenvalue weighted by Crippen LogP contribution is -2.31. The van der Waals surface area contributed by atoms with Gasteiger partial charge in [-0.25, -0.2) is 0 Å². The van der Waals surface area contributed by atoms with Crippen LogP contribution in [0.5, 0.6) is 0 Å². The molecule has 0 amide bonds. The number of nitrogen functional groups attached to an aromatic ring is 1. The quantitative estimate of drug-likeness (QED) is 0.433. The molecule has 0 atom stereocenters. The number of hydrogen-bond donors (Lipinski definition) is 2. The van der Waals surface area contributed by atoms with Gasteiger partial charge in [0, 0.05) is 16.7 Å². The first-order valence-corrected chi connectivity index (χ1v) is 8.44. The largest absolute Gasteiger partial charge is 0.392 e. The molecular formula is C18H17N2OS2+. The predicted octanol–water partition coefficient (Wildman–Crippen LogP) is 3.74. The Morgan fingerprint density at radius 3 is 2.35 bits per heavy atom. The Hall–Kier alpha value is -2.11. The van der Waals surface area contributed by atoms with Gasteiger partial charge in [-0.05, 0) is 19.9 Å². The first kappa shape index (κ1) is 15.8. The number of ketones is 1. The van der Waals surface area contributed by atoms with Gasteiger partial charge in [0.1, 0.15) is 14.8 Å². The Kier molecular flexibility index (Phi) is 4.24. The molecule has 0 bridgehead atoms. The predicted molar refractivity (Wildman–Crippen MR) is 96.9 cm³/mol. The number of anilines is 1. The number of rotatable bonds is 3. The summed E-state index contributed by atoms with van der Waals surface area (Å²) < 4.78 is 2.68. The molecule has 0 aliphatic heterocycles. The van der Waals surface area contributed by atoms with E-state index in [4.69, 9.17) is 5.73 Å². The summed E-state index contributed by atoms with van der Waals surface area (Å²) >= 11 is 5.86. The van der Waals surface area contributed by atoms with Crippen LogP contribution in [0.15, 0.2) is 53.0 Å². The Morgan fingerprint density at radius 2 is 1.74 bits per heavy atom. The standard InChI is InChI=1S/C18H16N2OS2/c1-11-8-12(2)10-20(9-11)15-14(19)17(23-18(15)22)16(21)13-6-4-3-5-7-13/h3-10H,1-2H3,(H2-,19,21,22)/p+1. The highest BCUT2D eigenvalue weighted by Crippen LogP contribution is 2.35. The molecule has 0 unspecified atom stereocenters. The van der Waals surface area contributed by atoms with Gasteiger partial charge in [0.05, 0.1) is 0 Å². The van der Waals surface area contributed by atoms with E-state index in [0.717, 1.165) is 21.0 Å². The molecule has 0 fully saturated rings. The van der Waals surface area contributed by atoms with Gasteiger partial charge in [0.25, 0.3) is 5.69 Å². The van der Waals surface area contributed by atoms with E-state index in [1.54, 1.807) is 12.1 Å². The zero-order chi connectivity index (χ0) is 16.6. The molecule has 2 N–H and O–H groups in total. The fraction of sp³-hybridized carbons (Fsp3) is 0.111. The highest BCUT2D eigenvalue weighted by Gasteiger charge is 2.26. The number of aryl methyl sites for hydroxylation is 2. The zero-order valence-corrected chi connectivity index (χ0v) is 14.6. The minimum absolute atomic E-state index is 0.0698. The second kappa shape index (κ2) is 6.18. The summed E-state index contributed by atoms with van der Waals surface area (Å²) in [5.41, 5.74) is 10.4. The smallest absolute Gasteiger partial charge is 0.258 e. The van der Waals surface area contributed by atoms with Crippen molar-refractivity contribution in [2.24, 2.45) is 0 Å². The molecule has 0 radical (unpaired) electrons. The molecule has 3 rings (SSSR count). The van der Waals surface area contributed by atoms with E-state index < -0.39 is 0 Å². The summed E-state index contributed by atoms with van der Waals surface area (Å²) in [6, 6.07) is 11.3.